The first-order chi connectivity index (χ1) is 9.55. The minimum atomic E-state index is 0.0920. The minimum absolute atomic E-state index is 0.0920. The van der Waals surface area contributed by atoms with Gasteiger partial charge in [0.25, 0.3) is 0 Å². The van der Waals surface area contributed by atoms with Crippen molar-refractivity contribution >= 4 is 5.78 Å². The Morgan fingerprint density at radius 3 is 2.80 bits per heavy atom. The summed E-state index contributed by atoms with van der Waals surface area (Å²) >= 11 is 0. The summed E-state index contributed by atoms with van der Waals surface area (Å²) < 4.78 is 8.36. The molecule has 4 rings (SSSR count). The van der Waals surface area contributed by atoms with Crippen molar-refractivity contribution in [2.45, 2.75) is 58.1 Å². The summed E-state index contributed by atoms with van der Waals surface area (Å²) in [6.07, 6.45) is 7.93. The van der Waals surface area contributed by atoms with Crippen LogP contribution in [0, 0.1) is 11.3 Å². The Labute approximate surface area is 120 Å². The van der Waals surface area contributed by atoms with E-state index in [-0.39, 0.29) is 5.41 Å². The van der Waals surface area contributed by atoms with Gasteiger partial charge >= 0.3 is 0 Å². The van der Waals surface area contributed by atoms with Gasteiger partial charge in [0.2, 0.25) is 0 Å². The molecule has 108 valence electrons. The molecular formula is C17H23NO2. The van der Waals surface area contributed by atoms with Gasteiger partial charge in [0.05, 0.1) is 12.1 Å². The van der Waals surface area contributed by atoms with Crippen LogP contribution in [0.25, 0.3) is 0 Å². The number of rotatable bonds is 2. The highest BCUT2D eigenvalue weighted by molar-refractivity contribution is 5.98. The molecule has 2 unspecified atom stereocenters. The zero-order valence-corrected chi connectivity index (χ0v) is 12.4. The molecule has 3 heteroatoms. The third-order valence-corrected chi connectivity index (χ3v) is 5.16. The number of fused-ring (bicyclic) bond motifs is 1. The average Bonchev–Trinajstić information content (AvgIpc) is 2.95. The van der Waals surface area contributed by atoms with Crippen LogP contribution in [0.2, 0.25) is 0 Å². The van der Waals surface area contributed by atoms with Crippen molar-refractivity contribution in [2.24, 2.45) is 11.3 Å². The highest BCUT2D eigenvalue weighted by Gasteiger charge is 2.43. The van der Waals surface area contributed by atoms with Crippen LogP contribution in [0.3, 0.4) is 0 Å². The van der Waals surface area contributed by atoms with Crippen molar-refractivity contribution < 1.29 is 9.53 Å². The molecule has 2 fully saturated rings. The molecule has 3 nitrogen and oxygen atoms in total. The monoisotopic (exact) mass is 273 g/mol. The van der Waals surface area contributed by atoms with E-state index < -0.39 is 0 Å². The quantitative estimate of drug-likeness (QED) is 0.827. The molecule has 0 spiro atoms. The number of carbonyl (C=O) groups excluding carboxylic acids is 1. The molecule has 1 aromatic rings. The Balaban J connectivity index is 1.71. The number of Topliss-reactive ketones (excluding diaryl/α,β-unsaturated/α-hetero) is 1. The Hall–Kier alpha value is -1.09. The second-order valence-electron chi connectivity index (χ2n) is 7.55. The van der Waals surface area contributed by atoms with Gasteiger partial charge in [0, 0.05) is 30.5 Å². The van der Waals surface area contributed by atoms with Gasteiger partial charge in [-0.15, -0.1) is 0 Å². The Bertz CT molecular complexity index is 553. The molecule has 3 aliphatic rings. The third kappa shape index (κ3) is 1.95. The zero-order valence-electron chi connectivity index (χ0n) is 12.4. The Morgan fingerprint density at radius 2 is 2.05 bits per heavy atom. The summed E-state index contributed by atoms with van der Waals surface area (Å²) in [4.78, 5) is 12.3. The average molecular weight is 273 g/mol. The number of hydrogen-bond acceptors (Lipinski definition) is 2. The SMILES string of the molecule is CC1(C)CC(=O)c2ccn(C3CCOC3C3CC3)c2C1. The van der Waals surface area contributed by atoms with Crippen LogP contribution in [0.4, 0.5) is 0 Å². The first kappa shape index (κ1) is 12.6. The van der Waals surface area contributed by atoms with E-state index in [0.29, 0.717) is 24.3 Å². The van der Waals surface area contributed by atoms with Gasteiger partial charge in [0.15, 0.2) is 5.78 Å². The number of ether oxygens (including phenoxy) is 1. The lowest BCUT2D eigenvalue weighted by atomic mass is 9.76. The van der Waals surface area contributed by atoms with Gasteiger partial charge in [-0.1, -0.05) is 13.8 Å². The molecule has 1 saturated heterocycles. The van der Waals surface area contributed by atoms with Crippen LogP contribution in [0.5, 0.6) is 0 Å². The lowest BCUT2D eigenvalue weighted by molar-refractivity contribution is 0.0736. The molecule has 1 aliphatic heterocycles. The van der Waals surface area contributed by atoms with Gasteiger partial charge in [0.1, 0.15) is 0 Å². The summed E-state index contributed by atoms with van der Waals surface area (Å²) in [5, 5.41) is 0. The topological polar surface area (TPSA) is 31.2 Å². The van der Waals surface area contributed by atoms with E-state index >= 15 is 0 Å². The fourth-order valence-electron chi connectivity index (χ4n) is 4.05. The summed E-state index contributed by atoms with van der Waals surface area (Å²) in [6.45, 7) is 5.28. The number of carbonyl (C=O) groups is 1. The lowest BCUT2D eigenvalue weighted by Crippen LogP contribution is -2.30. The van der Waals surface area contributed by atoms with E-state index in [1.165, 1.54) is 18.5 Å². The van der Waals surface area contributed by atoms with Crippen molar-refractivity contribution in [3.8, 4) is 0 Å². The molecule has 1 saturated carbocycles. The van der Waals surface area contributed by atoms with Crippen molar-refractivity contribution in [1.29, 1.82) is 0 Å². The third-order valence-electron chi connectivity index (χ3n) is 5.16. The summed E-state index contributed by atoms with van der Waals surface area (Å²) in [5.41, 5.74) is 2.31. The van der Waals surface area contributed by atoms with Crippen LogP contribution in [0.15, 0.2) is 12.3 Å². The van der Waals surface area contributed by atoms with Gasteiger partial charge < -0.3 is 9.30 Å². The summed E-state index contributed by atoms with van der Waals surface area (Å²) in [5.74, 6) is 1.07. The second kappa shape index (κ2) is 4.20. The molecule has 2 aliphatic carbocycles. The summed E-state index contributed by atoms with van der Waals surface area (Å²) in [7, 11) is 0. The minimum Gasteiger partial charge on any atom is -0.376 e. The molecule has 1 aromatic heterocycles. The number of ketones is 1. The predicted molar refractivity (Wildman–Crippen MR) is 77.0 cm³/mol. The Morgan fingerprint density at radius 1 is 1.25 bits per heavy atom. The van der Waals surface area contributed by atoms with Gasteiger partial charge in [-0.05, 0) is 43.1 Å². The van der Waals surface area contributed by atoms with Crippen LogP contribution in [0.1, 0.15) is 61.6 Å². The molecule has 2 heterocycles. The van der Waals surface area contributed by atoms with Crippen LogP contribution in [-0.2, 0) is 11.2 Å². The van der Waals surface area contributed by atoms with E-state index in [9.17, 15) is 4.79 Å². The molecule has 20 heavy (non-hydrogen) atoms. The maximum absolute atomic E-state index is 12.3. The fraction of sp³-hybridized carbons (Fsp3) is 0.706. The number of hydrogen-bond donors (Lipinski definition) is 0. The molecule has 2 atom stereocenters. The first-order valence-electron chi connectivity index (χ1n) is 7.90. The van der Waals surface area contributed by atoms with Gasteiger partial charge in [-0.3, -0.25) is 4.79 Å². The van der Waals surface area contributed by atoms with E-state index in [1.807, 2.05) is 6.07 Å². The van der Waals surface area contributed by atoms with Crippen LogP contribution in [-0.4, -0.2) is 23.1 Å². The highest BCUT2D eigenvalue weighted by Crippen LogP contribution is 2.45. The maximum atomic E-state index is 12.3. The zero-order chi connectivity index (χ0) is 13.9. The fourth-order valence-corrected chi connectivity index (χ4v) is 4.05. The predicted octanol–water partition coefficient (Wildman–Crippen LogP) is 3.38. The molecule has 0 aromatic carbocycles. The standard InChI is InChI=1S/C17H23NO2/c1-17(2)9-14-12(15(19)10-17)5-7-18(14)13-6-8-20-16(13)11-3-4-11/h5,7,11,13,16H,3-4,6,8-10H2,1-2H3. The van der Waals surface area contributed by atoms with Crippen molar-refractivity contribution in [3.05, 3.63) is 23.5 Å². The van der Waals surface area contributed by atoms with E-state index in [1.54, 1.807) is 0 Å². The smallest absolute Gasteiger partial charge is 0.165 e. The maximum Gasteiger partial charge on any atom is 0.165 e. The normalized spacial score (nSPS) is 32.4. The molecular weight excluding hydrogens is 250 g/mol. The molecule has 0 N–H and O–H groups in total. The highest BCUT2D eigenvalue weighted by atomic mass is 16.5. The van der Waals surface area contributed by atoms with E-state index in [4.69, 9.17) is 4.74 Å². The Kier molecular flexibility index (Phi) is 2.65. The van der Waals surface area contributed by atoms with Gasteiger partial charge in [-0.2, -0.15) is 0 Å². The van der Waals surface area contributed by atoms with Crippen molar-refractivity contribution in [2.75, 3.05) is 6.61 Å². The molecule has 0 amide bonds. The van der Waals surface area contributed by atoms with Gasteiger partial charge in [-0.25, -0.2) is 0 Å². The van der Waals surface area contributed by atoms with Crippen LogP contribution >= 0.6 is 0 Å². The number of nitrogens with zero attached hydrogens (tertiary/aromatic N) is 1. The lowest BCUT2D eigenvalue weighted by Gasteiger charge is -2.32. The van der Waals surface area contributed by atoms with E-state index in [2.05, 4.69) is 24.6 Å². The summed E-state index contributed by atoms with van der Waals surface area (Å²) in [6, 6.07) is 2.49. The van der Waals surface area contributed by atoms with E-state index in [0.717, 1.165) is 30.9 Å². The first-order valence-corrected chi connectivity index (χ1v) is 7.90. The molecule has 0 radical (unpaired) electrons. The van der Waals surface area contributed by atoms with Crippen LogP contribution < -0.4 is 0 Å². The second-order valence-corrected chi connectivity index (χ2v) is 7.55. The van der Waals surface area contributed by atoms with Crippen molar-refractivity contribution in [1.82, 2.24) is 4.57 Å². The largest absolute Gasteiger partial charge is 0.376 e. The number of aromatic nitrogens is 1. The molecule has 0 bridgehead atoms. The van der Waals surface area contributed by atoms with Crippen molar-refractivity contribution in [3.63, 3.8) is 0 Å².